The molecule has 0 saturated carbocycles. The normalized spacial score (nSPS) is 12.7. The van der Waals surface area contributed by atoms with Crippen LogP contribution in [0.1, 0.15) is 22.9 Å². The lowest BCUT2D eigenvalue weighted by molar-refractivity contribution is 0.178. The second-order valence-electron chi connectivity index (χ2n) is 4.10. The summed E-state index contributed by atoms with van der Waals surface area (Å²) >= 11 is 12.1. The van der Waals surface area contributed by atoms with Gasteiger partial charge in [0.25, 0.3) is 0 Å². The summed E-state index contributed by atoms with van der Waals surface area (Å²) in [6.45, 7) is 1.82. The number of hydrogen-bond acceptors (Lipinski definition) is 3. The third kappa shape index (κ3) is 2.51. The van der Waals surface area contributed by atoms with Crippen LogP contribution in [0.25, 0.3) is 0 Å². The topological polar surface area (TPSA) is 50.9 Å². The molecule has 1 unspecified atom stereocenters. The second-order valence-corrected chi connectivity index (χ2v) is 4.87. The van der Waals surface area contributed by atoms with Gasteiger partial charge in [0, 0.05) is 31.4 Å². The molecule has 2 heterocycles. The maximum absolute atomic E-state index is 10.3. The molecule has 0 fully saturated rings. The van der Waals surface area contributed by atoms with Crippen LogP contribution >= 0.6 is 23.2 Å². The highest BCUT2D eigenvalue weighted by Gasteiger charge is 2.20. The zero-order chi connectivity index (χ0) is 13.3. The number of aryl methyl sites for hydroxylation is 2. The fraction of sp³-hybridized carbons (Fsp3) is 0.333. The molecule has 2 aromatic heterocycles. The summed E-state index contributed by atoms with van der Waals surface area (Å²) in [4.78, 5) is 3.91. The number of aromatic nitrogens is 3. The molecule has 4 nitrogen and oxygen atoms in total. The molecule has 0 aliphatic rings. The predicted octanol–water partition coefficient (Wildman–Crippen LogP) is 2.71. The van der Waals surface area contributed by atoms with Crippen molar-refractivity contribution in [3.8, 4) is 0 Å². The molecule has 0 amide bonds. The number of aliphatic hydroxyl groups excluding tert-OH is 1. The van der Waals surface area contributed by atoms with Crippen LogP contribution in [0.4, 0.5) is 0 Å². The number of halogens is 2. The van der Waals surface area contributed by atoms with Gasteiger partial charge in [0.2, 0.25) is 0 Å². The lowest BCUT2D eigenvalue weighted by Crippen LogP contribution is -2.04. The molecular formula is C12H13Cl2N3O. The van der Waals surface area contributed by atoms with Crippen molar-refractivity contribution < 1.29 is 5.11 Å². The van der Waals surface area contributed by atoms with Crippen LogP contribution in [-0.4, -0.2) is 19.9 Å². The highest BCUT2D eigenvalue weighted by molar-refractivity contribution is 6.31. The maximum Gasteiger partial charge on any atom is 0.132 e. The Morgan fingerprint density at radius 2 is 2.17 bits per heavy atom. The molecular weight excluding hydrogens is 273 g/mol. The monoisotopic (exact) mass is 285 g/mol. The van der Waals surface area contributed by atoms with Gasteiger partial charge in [-0.25, -0.2) is 0 Å². The zero-order valence-corrected chi connectivity index (χ0v) is 11.6. The third-order valence-electron chi connectivity index (χ3n) is 2.80. The van der Waals surface area contributed by atoms with E-state index in [0.29, 0.717) is 22.2 Å². The smallest absolute Gasteiger partial charge is 0.132 e. The molecule has 0 saturated heterocycles. The van der Waals surface area contributed by atoms with Gasteiger partial charge in [-0.15, -0.1) is 0 Å². The summed E-state index contributed by atoms with van der Waals surface area (Å²) in [5.41, 5.74) is 2.20. The van der Waals surface area contributed by atoms with Gasteiger partial charge < -0.3 is 5.11 Å². The van der Waals surface area contributed by atoms with Crippen LogP contribution < -0.4 is 0 Å². The Labute approximate surface area is 115 Å². The van der Waals surface area contributed by atoms with Crippen LogP contribution in [0.3, 0.4) is 0 Å². The molecule has 2 rings (SSSR count). The van der Waals surface area contributed by atoms with E-state index in [1.807, 2.05) is 6.92 Å². The third-order valence-corrected chi connectivity index (χ3v) is 3.59. The predicted molar refractivity (Wildman–Crippen MR) is 70.9 cm³/mol. The summed E-state index contributed by atoms with van der Waals surface area (Å²) in [5, 5.41) is 15.4. The molecule has 1 atom stereocenters. The fourth-order valence-corrected chi connectivity index (χ4v) is 2.40. The molecule has 96 valence electrons. The van der Waals surface area contributed by atoms with E-state index in [1.165, 1.54) is 0 Å². The highest BCUT2D eigenvalue weighted by Crippen LogP contribution is 2.29. The highest BCUT2D eigenvalue weighted by atomic mass is 35.5. The molecule has 0 aromatic carbocycles. The van der Waals surface area contributed by atoms with Crippen molar-refractivity contribution in [2.75, 3.05) is 0 Å². The first-order chi connectivity index (χ1) is 8.50. The van der Waals surface area contributed by atoms with Gasteiger partial charge in [0.1, 0.15) is 5.15 Å². The van der Waals surface area contributed by atoms with Gasteiger partial charge in [-0.05, 0) is 18.6 Å². The van der Waals surface area contributed by atoms with Crippen molar-refractivity contribution in [1.29, 1.82) is 0 Å². The van der Waals surface area contributed by atoms with Crippen molar-refractivity contribution in [1.82, 2.24) is 14.8 Å². The van der Waals surface area contributed by atoms with Crippen molar-refractivity contribution in [2.45, 2.75) is 19.4 Å². The summed E-state index contributed by atoms with van der Waals surface area (Å²) in [6.07, 6.45) is 2.85. The molecule has 2 aromatic rings. The molecule has 0 radical (unpaired) electrons. The maximum atomic E-state index is 10.3. The van der Waals surface area contributed by atoms with Crippen molar-refractivity contribution >= 4 is 23.2 Å². The molecule has 0 bridgehead atoms. The summed E-state index contributed by atoms with van der Waals surface area (Å²) < 4.78 is 1.55. The number of hydrogen-bond donors (Lipinski definition) is 1. The number of pyridine rings is 1. The van der Waals surface area contributed by atoms with E-state index in [1.54, 1.807) is 30.2 Å². The Kier molecular flexibility index (Phi) is 3.90. The van der Waals surface area contributed by atoms with Crippen LogP contribution in [0, 0.1) is 6.92 Å². The van der Waals surface area contributed by atoms with Crippen LogP contribution in [-0.2, 0) is 13.5 Å². The van der Waals surface area contributed by atoms with E-state index >= 15 is 0 Å². The number of nitrogens with zero attached hydrogens (tertiary/aromatic N) is 3. The average molecular weight is 286 g/mol. The molecule has 0 spiro atoms. The van der Waals surface area contributed by atoms with E-state index < -0.39 is 6.10 Å². The van der Waals surface area contributed by atoms with E-state index in [9.17, 15) is 5.11 Å². The van der Waals surface area contributed by atoms with E-state index in [-0.39, 0.29) is 0 Å². The Morgan fingerprint density at radius 1 is 1.44 bits per heavy atom. The first-order valence-electron chi connectivity index (χ1n) is 5.46. The van der Waals surface area contributed by atoms with Crippen molar-refractivity contribution in [3.05, 3.63) is 45.5 Å². The Hall–Kier alpha value is -1.10. The molecule has 0 aliphatic carbocycles. The van der Waals surface area contributed by atoms with Gasteiger partial charge in [-0.2, -0.15) is 5.10 Å². The van der Waals surface area contributed by atoms with Gasteiger partial charge in [-0.1, -0.05) is 23.2 Å². The zero-order valence-electron chi connectivity index (χ0n) is 10.1. The van der Waals surface area contributed by atoms with Gasteiger partial charge in [0.05, 0.1) is 16.8 Å². The quantitative estimate of drug-likeness (QED) is 0.943. The Balaban J connectivity index is 2.28. The summed E-state index contributed by atoms with van der Waals surface area (Å²) in [6, 6.07) is 1.78. The van der Waals surface area contributed by atoms with E-state index in [4.69, 9.17) is 23.2 Å². The van der Waals surface area contributed by atoms with E-state index in [2.05, 4.69) is 10.1 Å². The SMILES string of the molecule is Cc1nn(C)c(Cl)c1C(O)Cc1ccncc1Cl. The number of aliphatic hydroxyl groups is 1. The summed E-state index contributed by atoms with van der Waals surface area (Å²) in [7, 11) is 1.74. The van der Waals surface area contributed by atoms with Crippen LogP contribution in [0.15, 0.2) is 18.5 Å². The minimum Gasteiger partial charge on any atom is -0.388 e. The largest absolute Gasteiger partial charge is 0.388 e. The molecule has 6 heteroatoms. The van der Waals surface area contributed by atoms with Crippen molar-refractivity contribution in [2.24, 2.45) is 7.05 Å². The average Bonchev–Trinajstić information content (AvgIpc) is 2.56. The standard InChI is InChI=1S/C12H13Cl2N3O/c1-7-11(12(14)17(2)16-7)10(18)5-8-3-4-15-6-9(8)13/h3-4,6,10,18H,5H2,1-2H3. The minimum absolute atomic E-state index is 0.383. The Morgan fingerprint density at radius 3 is 2.72 bits per heavy atom. The minimum atomic E-state index is -0.730. The first kappa shape index (κ1) is 13.3. The van der Waals surface area contributed by atoms with E-state index in [0.717, 1.165) is 11.3 Å². The van der Waals surface area contributed by atoms with Crippen LogP contribution in [0.2, 0.25) is 10.2 Å². The lowest BCUT2D eigenvalue weighted by atomic mass is 10.0. The summed E-state index contributed by atoms with van der Waals surface area (Å²) in [5.74, 6) is 0. The number of rotatable bonds is 3. The van der Waals surface area contributed by atoms with Crippen molar-refractivity contribution in [3.63, 3.8) is 0 Å². The molecule has 18 heavy (non-hydrogen) atoms. The fourth-order valence-electron chi connectivity index (χ4n) is 1.90. The first-order valence-corrected chi connectivity index (χ1v) is 6.21. The molecule has 1 N–H and O–H groups in total. The second kappa shape index (κ2) is 5.26. The van der Waals surface area contributed by atoms with Gasteiger partial charge in [0.15, 0.2) is 0 Å². The lowest BCUT2D eigenvalue weighted by Gasteiger charge is -2.11. The van der Waals surface area contributed by atoms with Gasteiger partial charge in [-0.3, -0.25) is 9.67 Å². The van der Waals surface area contributed by atoms with Crippen LogP contribution in [0.5, 0.6) is 0 Å². The van der Waals surface area contributed by atoms with Gasteiger partial charge >= 0.3 is 0 Å². The Bertz CT molecular complexity index is 568. The molecule has 0 aliphatic heterocycles.